The lowest BCUT2D eigenvalue weighted by molar-refractivity contribution is 0.414. The lowest BCUT2D eigenvalue weighted by atomic mass is 9.89. The van der Waals surface area contributed by atoms with Gasteiger partial charge in [-0.3, -0.25) is 4.55 Å². The maximum Gasteiger partial charge on any atom is 0.269 e. The Kier molecular flexibility index (Phi) is 3.56. The molecule has 1 aliphatic rings. The number of likely N-dealkylation sites (N-methyl/N-ethyl adjacent to an activating group) is 1. The monoisotopic (exact) mass is 297 g/mol. The molecule has 0 fully saturated rings. The van der Waals surface area contributed by atoms with E-state index in [0.29, 0.717) is 11.3 Å². The van der Waals surface area contributed by atoms with Gasteiger partial charge in [0.05, 0.1) is 12.6 Å². The van der Waals surface area contributed by atoms with E-state index in [2.05, 4.69) is 4.90 Å². The van der Waals surface area contributed by atoms with Crippen LogP contribution in [0.4, 0.5) is 5.69 Å². The van der Waals surface area contributed by atoms with E-state index in [1.54, 1.807) is 13.2 Å². The van der Waals surface area contributed by atoms with Crippen molar-refractivity contribution < 1.29 is 17.7 Å². The van der Waals surface area contributed by atoms with Gasteiger partial charge in [-0.1, -0.05) is 6.08 Å². The quantitative estimate of drug-likeness (QED) is 0.866. The molecule has 110 valence electrons. The number of nitrogens with zero attached hydrogens (tertiary/aromatic N) is 1. The highest BCUT2D eigenvalue weighted by Gasteiger charge is 2.31. The molecule has 0 atom stereocenters. The zero-order valence-corrected chi connectivity index (χ0v) is 12.9. The van der Waals surface area contributed by atoms with Gasteiger partial charge >= 0.3 is 0 Å². The molecule has 20 heavy (non-hydrogen) atoms. The van der Waals surface area contributed by atoms with E-state index in [1.807, 2.05) is 39.1 Å². The Hall–Kier alpha value is -1.53. The van der Waals surface area contributed by atoms with Crippen LogP contribution in [0, 0.1) is 0 Å². The van der Waals surface area contributed by atoms with Crippen molar-refractivity contribution in [3.05, 3.63) is 29.8 Å². The number of methoxy groups -OCH3 is 1. The number of rotatable bonds is 3. The van der Waals surface area contributed by atoms with E-state index in [4.69, 9.17) is 9.29 Å². The maximum atomic E-state index is 11.2. The van der Waals surface area contributed by atoms with Crippen molar-refractivity contribution in [1.29, 1.82) is 0 Å². The number of anilines is 1. The Morgan fingerprint density at radius 3 is 2.55 bits per heavy atom. The lowest BCUT2D eigenvalue weighted by Gasteiger charge is -2.41. The molecule has 0 radical (unpaired) electrons. The van der Waals surface area contributed by atoms with Crippen molar-refractivity contribution in [3.8, 4) is 5.75 Å². The minimum atomic E-state index is -4.07. The molecule has 0 aliphatic carbocycles. The molecule has 0 amide bonds. The molecule has 5 nitrogen and oxygen atoms in total. The van der Waals surface area contributed by atoms with Crippen molar-refractivity contribution in [3.63, 3.8) is 0 Å². The van der Waals surface area contributed by atoms with Gasteiger partial charge in [-0.2, -0.15) is 8.42 Å². The molecule has 1 aliphatic heterocycles. The van der Waals surface area contributed by atoms with Crippen molar-refractivity contribution in [2.24, 2.45) is 0 Å². The molecule has 1 N–H and O–H groups in total. The molecular weight excluding hydrogens is 278 g/mol. The standard InChI is InChI=1S/C14H19NO4S/c1-14(2)8-10(9-20(16,17)18)12-6-5-11(19-4)7-13(12)15(14)3/h5-8H,9H2,1-4H3,(H,16,17,18). The van der Waals surface area contributed by atoms with Crippen LogP contribution < -0.4 is 9.64 Å². The number of hydrogen-bond donors (Lipinski definition) is 1. The van der Waals surface area contributed by atoms with Crippen molar-refractivity contribution >= 4 is 21.4 Å². The number of ether oxygens (including phenoxy) is 1. The van der Waals surface area contributed by atoms with Crippen LogP contribution in [0.1, 0.15) is 19.4 Å². The molecule has 0 aromatic heterocycles. The zero-order valence-electron chi connectivity index (χ0n) is 12.0. The summed E-state index contributed by atoms with van der Waals surface area (Å²) in [4.78, 5) is 2.05. The summed E-state index contributed by atoms with van der Waals surface area (Å²) in [6.07, 6.45) is 1.87. The summed E-state index contributed by atoms with van der Waals surface area (Å²) in [5.74, 6) is 0.323. The predicted octanol–water partition coefficient (Wildman–Crippen LogP) is 2.19. The van der Waals surface area contributed by atoms with Crippen LogP contribution in [0.15, 0.2) is 24.3 Å². The summed E-state index contributed by atoms with van der Waals surface area (Å²) in [6, 6.07) is 5.47. The van der Waals surface area contributed by atoms with Gasteiger partial charge in [-0.25, -0.2) is 0 Å². The fraction of sp³-hybridized carbons (Fsp3) is 0.429. The third-order valence-corrected chi connectivity index (χ3v) is 4.32. The van der Waals surface area contributed by atoms with E-state index >= 15 is 0 Å². The van der Waals surface area contributed by atoms with Crippen LogP contribution in [-0.4, -0.2) is 38.4 Å². The Bertz CT molecular complexity index is 662. The minimum Gasteiger partial charge on any atom is -0.497 e. The van der Waals surface area contributed by atoms with Crippen LogP contribution in [-0.2, 0) is 10.1 Å². The fourth-order valence-corrected chi connectivity index (χ4v) is 3.05. The topological polar surface area (TPSA) is 66.8 Å². The van der Waals surface area contributed by atoms with Crippen LogP contribution in [0.25, 0.3) is 5.57 Å². The van der Waals surface area contributed by atoms with Gasteiger partial charge in [0.2, 0.25) is 0 Å². The number of fused-ring (bicyclic) bond motifs is 1. The predicted molar refractivity (Wildman–Crippen MR) is 79.9 cm³/mol. The zero-order chi connectivity index (χ0) is 15.1. The maximum absolute atomic E-state index is 11.2. The van der Waals surface area contributed by atoms with Gasteiger partial charge in [-0.15, -0.1) is 0 Å². The van der Waals surface area contributed by atoms with Gasteiger partial charge in [0.1, 0.15) is 11.5 Å². The van der Waals surface area contributed by atoms with Crippen LogP contribution >= 0.6 is 0 Å². The molecular formula is C14H19NO4S. The van der Waals surface area contributed by atoms with Crippen molar-refractivity contribution in [2.75, 3.05) is 24.8 Å². The van der Waals surface area contributed by atoms with E-state index < -0.39 is 10.1 Å². The molecule has 2 rings (SSSR count). The van der Waals surface area contributed by atoms with E-state index in [1.165, 1.54) is 0 Å². The summed E-state index contributed by atoms with van der Waals surface area (Å²) >= 11 is 0. The van der Waals surface area contributed by atoms with E-state index in [9.17, 15) is 8.42 Å². The molecule has 1 heterocycles. The lowest BCUT2D eigenvalue weighted by Crippen LogP contribution is -2.42. The van der Waals surface area contributed by atoms with Crippen molar-refractivity contribution in [2.45, 2.75) is 19.4 Å². The smallest absolute Gasteiger partial charge is 0.269 e. The first-order valence-electron chi connectivity index (χ1n) is 6.23. The molecule has 1 aromatic rings. The Morgan fingerprint density at radius 2 is 2.00 bits per heavy atom. The largest absolute Gasteiger partial charge is 0.497 e. The minimum absolute atomic E-state index is 0.348. The third kappa shape index (κ3) is 2.81. The van der Waals surface area contributed by atoms with Crippen molar-refractivity contribution in [1.82, 2.24) is 0 Å². The number of benzene rings is 1. The summed E-state index contributed by atoms with van der Waals surface area (Å²) in [6.45, 7) is 3.97. The second-order valence-corrected chi connectivity index (χ2v) is 6.94. The van der Waals surface area contributed by atoms with Crippen LogP contribution in [0.3, 0.4) is 0 Å². The summed E-state index contributed by atoms with van der Waals surface area (Å²) in [7, 11) is -0.536. The van der Waals surface area contributed by atoms with Gasteiger partial charge in [0.25, 0.3) is 10.1 Å². The third-order valence-electron chi connectivity index (χ3n) is 3.64. The average molecular weight is 297 g/mol. The molecule has 6 heteroatoms. The second kappa shape index (κ2) is 4.79. The van der Waals surface area contributed by atoms with Gasteiger partial charge in [0, 0.05) is 24.4 Å². The molecule has 0 saturated carbocycles. The molecule has 0 unspecified atom stereocenters. The Morgan fingerprint density at radius 1 is 1.35 bits per heavy atom. The highest BCUT2D eigenvalue weighted by atomic mass is 32.2. The summed E-state index contributed by atoms with van der Waals surface area (Å²) < 4.78 is 36.7. The highest BCUT2D eigenvalue weighted by molar-refractivity contribution is 7.86. The van der Waals surface area contributed by atoms with Crippen LogP contribution in [0.2, 0.25) is 0 Å². The summed E-state index contributed by atoms with van der Waals surface area (Å²) in [5, 5.41) is 0. The first-order valence-corrected chi connectivity index (χ1v) is 7.84. The Labute approximate surface area is 119 Å². The molecule has 0 bridgehead atoms. The van der Waals surface area contributed by atoms with E-state index in [0.717, 1.165) is 11.3 Å². The van der Waals surface area contributed by atoms with Gasteiger partial charge in [0.15, 0.2) is 0 Å². The Balaban J connectivity index is 2.60. The van der Waals surface area contributed by atoms with E-state index in [-0.39, 0.29) is 11.3 Å². The average Bonchev–Trinajstić information content (AvgIpc) is 2.33. The highest BCUT2D eigenvalue weighted by Crippen LogP contribution is 2.40. The van der Waals surface area contributed by atoms with Crippen LogP contribution in [0.5, 0.6) is 5.75 Å². The second-order valence-electron chi connectivity index (χ2n) is 5.49. The molecule has 0 saturated heterocycles. The fourth-order valence-electron chi connectivity index (χ4n) is 2.41. The number of hydrogen-bond acceptors (Lipinski definition) is 4. The molecule has 1 aromatic carbocycles. The first kappa shape index (κ1) is 14.9. The normalized spacial score (nSPS) is 17.4. The summed E-state index contributed by atoms with van der Waals surface area (Å²) in [5.41, 5.74) is 1.94. The first-order chi connectivity index (χ1) is 9.14. The van der Waals surface area contributed by atoms with Gasteiger partial charge in [-0.05, 0) is 31.6 Å². The van der Waals surface area contributed by atoms with Gasteiger partial charge < -0.3 is 9.64 Å². The SMILES string of the molecule is COc1ccc2c(c1)N(C)C(C)(C)C=C2CS(=O)(=O)O. The molecule has 0 spiro atoms.